The molecule has 0 fully saturated rings. The number of amides is 2. The van der Waals surface area contributed by atoms with Crippen LogP contribution in [0, 0.1) is 0 Å². The first-order valence-electron chi connectivity index (χ1n) is 12.8. The fourth-order valence-corrected chi connectivity index (χ4v) is 5.54. The zero-order chi connectivity index (χ0) is 28.7. The minimum atomic E-state index is -3.55. The normalized spacial score (nSPS) is 12.6. The van der Waals surface area contributed by atoms with Crippen LogP contribution in [0.4, 0.5) is 5.69 Å². The molecule has 0 heterocycles. The molecule has 0 radical (unpaired) electrons. The first-order chi connectivity index (χ1) is 17.7. The van der Waals surface area contributed by atoms with Crippen molar-refractivity contribution in [3.05, 3.63) is 63.6 Å². The molecule has 10 heteroatoms. The molecule has 7 nitrogen and oxygen atoms in total. The van der Waals surface area contributed by atoms with Gasteiger partial charge in [0.05, 0.1) is 11.9 Å². The highest BCUT2D eigenvalue weighted by atomic mass is 35.5. The van der Waals surface area contributed by atoms with Crippen LogP contribution in [0.1, 0.15) is 65.0 Å². The van der Waals surface area contributed by atoms with E-state index in [1.807, 2.05) is 46.8 Å². The predicted octanol–water partition coefficient (Wildman–Crippen LogP) is 5.82. The van der Waals surface area contributed by atoms with Gasteiger partial charge < -0.3 is 10.2 Å². The number of halogens is 2. The van der Waals surface area contributed by atoms with Crippen LogP contribution >= 0.6 is 23.2 Å². The number of carbonyl (C=O) groups excluding carboxylic acids is 2. The van der Waals surface area contributed by atoms with Gasteiger partial charge in [-0.05, 0) is 75.4 Å². The highest BCUT2D eigenvalue weighted by molar-refractivity contribution is 7.92. The van der Waals surface area contributed by atoms with Crippen LogP contribution in [-0.4, -0.2) is 49.5 Å². The number of nitrogens with zero attached hydrogens (tertiary/aromatic N) is 2. The van der Waals surface area contributed by atoms with Crippen LogP contribution < -0.4 is 9.62 Å². The second-order valence-corrected chi connectivity index (χ2v) is 13.1. The molecule has 0 aromatic heterocycles. The van der Waals surface area contributed by atoms with E-state index in [4.69, 9.17) is 23.2 Å². The molecular weight excluding hydrogens is 545 g/mol. The summed E-state index contributed by atoms with van der Waals surface area (Å²) in [6.45, 7) is 9.78. The van der Waals surface area contributed by atoms with Crippen molar-refractivity contribution in [1.82, 2.24) is 10.2 Å². The Bertz CT molecular complexity index is 1210. The van der Waals surface area contributed by atoms with Gasteiger partial charge in [-0.25, -0.2) is 8.42 Å². The molecule has 2 amide bonds. The van der Waals surface area contributed by atoms with Crippen LogP contribution in [0.3, 0.4) is 0 Å². The lowest BCUT2D eigenvalue weighted by molar-refractivity contribution is -0.142. The van der Waals surface area contributed by atoms with Crippen molar-refractivity contribution < 1.29 is 18.0 Å². The fraction of sp³-hybridized carbons (Fsp3) is 0.500. The molecule has 0 aliphatic heterocycles. The van der Waals surface area contributed by atoms with E-state index in [1.165, 1.54) is 9.21 Å². The van der Waals surface area contributed by atoms with Crippen molar-refractivity contribution in [2.75, 3.05) is 17.1 Å². The van der Waals surface area contributed by atoms with E-state index in [-0.39, 0.29) is 37.7 Å². The molecule has 210 valence electrons. The van der Waals surface area contributed by atoms with Crippen LogP contribution in [0.15, 0.2) is 42.5 Å². The van der Waals surface area contributed by atoms with E-state index in [0.717, 1.165) is 18.2 Å². The van der Waals surface area contributed by atoms with Crippen molar-refractivity contribution in [1.29, 1.82) is 0 Å². The second kappa shape index (κ2) is 13.7. The van der Waals surface area contributed by atoms with E-state index < -0.39 is 21.6 Å². The lowest BCUT2D eigenvalue weighted by Crippen LogP contribution is -2.53. The second-order valence-electron chi connectivity index (χ2n) is 10.4. The fourth-order valence-electron chi connectivity index (χ4n) is 4.11. The number of hydrogen-bond donors (Lipinski definition) is 1. The molecule has 38 heavy (non-hydrogen) atoms. The molecular formula is C28H39Cl2N3O4S. The van der Waals surface area contributed by atoms with E-state index in [9.17, 15) is 18.0 Å². The summed E-state index contributed by atoms with van der Waals surface area (Å²) in [4.78, 5) is 28.3. The highest BCUT2D eigenvalue weighted by Crippen LogP contribution is 2.25. The largest absolute Gasteiger partial charge is 0.350 e. The number of anilines is 1. The van der Waals surface area contributed by atoms with Gasteiger partial charge >= 0.3 is 0 Å². The monoisotopic (exact) mass is 583 g/mol. The van der Waals surface area contributed by atoms with Crippen molar-refractivity contribution in [3.63, 3.8) is 0 Å². The van der Waals surface area contributed by atoms with Crippen molar-refractivity contribution >= 4 is 50.7 Å². The summed E-state index contributed by atoms with van der Waals surface area (Å²) < 4.78 is 26.4. The SMILES string of the molecule is CCc1ccc(N(CCCC(=O)N(Cc2ccc(Cl)cc2Cl)[C@H](CC)C(=O)NC(C)(C)C)S(C)(=O)=O)cc1. The molecule has 1 atom stereocenters. The summed E-state index contributed by atoms with van der Waals surface area (Å²) in [6, 6.07) is 11.7. The molecule has 0 saturated heterocycles. The average molecular weight is 585 g/mol. The predicted molar refractivity (Wildman–Crippen MR) is 156 cm³/mol. The van der Waals surface area contributed by atoms with Crippen LogP contribution in [0.5, 0.6) is 0 Å². The van der Waals surface area contributed by atoms with Crippen LogP contribution in [0.2, 0.25) is 10.0 Å². The van der Waals surface area contributed by atoms with Gasteiger partial charge in [0.2, 0.25) is 21.8 Å². The maximum absolute atomic E-state index is 13.6. The molecule has 2 rings (SSSR count). The molecule has 0 spiro atoms. The van der Waals surface area contributed by atoms with Crippen molar-refractivity contribution in [3.8, 4) is 0 Å². The Morgan fingerprint density at radius 3 is 2.16 bits per heavy atom. The molecule has 2 aromatic rings. The van der Waals surface area contributed by atoms with Gasteiger partial charge in [-0.15, -0.1) is 0 Å². The lowest BCUT2D eigenvalue weighted by atomic mass is 10.0. The van der Waals surface area contributed by atoms with Gasteiger partial charge in [0.1, 0.15) is 6.04 Å². The number of carbonyl (C=O) groups is 2. The number of hydrogen-bond acceptors (Lipinski definition) is 4. The maximum Gasteiger partial charge on any atom is 0.243 e. The third-order valence-corrected chi connectivity index (χ3v) is 7.81. The minimum Gasteiger partial charge on any atom is -0.350 e. The zero-order valence-electron chi connectivity index (χ0n) is 23.1. The Kier molecular flexibility index (Phi) is 11.5. The van der Waals surface area contributed by atoms with E-state index in [1.54, 1.807) is 30.3 Å². The maximum atomic E-state index is 13.6. The standard InChI is InChI=1S/C28H39Cl2N3O4S/c1-7-20-11-15-23(16-12-20)33(38(6,36)37)17-9-10-26(34)32(19-21-13-14-22(29)18-24(21)30)25(8-2)27(35)31-28(3,4)5/h11-16,18,25H,7-10,17,19H2,1-6H3,(H,31,35)/t25-/m1/s1. The quantitative estimate of drug-likeness (QED) is 0.341. The molecule has 0 aliphatic carbocycles. The van der Waals surface area contributed by atoms with Gasteiger partial charge in [0, 0.05) is 35.1 Å². The summed E-state index contributed by atoms with van der Waals surface area (Å²) in [6.07, 6.45) is 2.75. The minimum absolute atomic E-state index is 0.0591. The lowest BCUT2D eigenvalue weighted by Gasteiger charge is -2.33. The van der Waals surface area contributed by atoms with E-state index in [2.05, 4.69) is 5.32 Å². The smallest absolute Gasteiger partial charge is 0.243 e. The zero-order valence-corrected chi connectivity index (χ0v) is 25.4. The molecule has 0 saturated carbocycles. The van der Waals surface area contributed by atoms with Crippen molar-refractivity contribution in [2.24, 2.45) is 0 Å². The summed E-state index contributed by atoms with van der Waals surface area (Å²) in [5.41, 5.74) is 1.85. The Hall–Kier alpha value is -2.29. The summed E-state index contributed by atoms with van der Waals surface area (Å²) >= 11 is 12.4. The van der Waals surface area contributed by atoms with E-state index in [0.29, 0.717) is 27.7 Å². The Morgan fingerprint density at radius 2 is 1.66 bits per heavy atom. The number of nitrogens with one attached hydrogen (secondary N) is 1. The molecule has 0 bridgehead atoms. The molecule has 2 aromatic carbocycles. The first-order valence-corrected chi connectivity index (χ1v) is 15.4. The Balaban J connectivity index is 2.27. The molecule has 0 aliphatic rings. The molecule has 1 N–H and O–H groups in total. The highest BCUT2D eigenvalue weighted by Gasteiger charge is 2.31. The average Bonchev–Trinajstić information content (AvgIpc) is 2.81. The van der Waals surface area contributed by atoms with E-state index >= 15 is 0 Å². The third kappa shape index (κ3) is 9.47. The number of sulfonamides is 1. The third-order valence-electron chi connectivity index (χ3n) is 6.02. The molecule has 0 unspecified atom stereocenters. The Morgan fingerprint density at radius 1 is 1.03 bits per heavy atom. The topological polar surface area (TPSA) is 86.8 Å². The Labute approximate surface area is 237 Å². The van der Waals surface area contributed by atoms with Crippen LogP contribution in [-0.2, 0) is 32.6 Å². The van der Waals surface area contributed by atoms with Gasteiger partial charge in [-0.3, -0.25) is 13.9 Å². The summed E-state index contributed by atoms with van der Waals surface area (Å²) in [5, 5.41) is 3.84. The first kappa shape index (κ1) is 31.9. The number of aryl methyl sites for hydroxylation is 1. The van der Waals surface area contributed by atoms with Gasteiger partial charge in [-0.1, -0.05) is 55.2 Å². The number of rotatable bonds is 12. The summed E-state index contributed by atoms with van der Waals surface area (Å²) in [7, 11) is -3.55. The van der Waals surface area contributed by atoms with Gasteiger partial charge in [0.15, 0.2) is 0 Å². The number of benzene rings is 2. The summed E-state index contributed by atoms with van der Waals surface area (Å²) in [5.74, 6) is -0.520. The van der Waals surface area contributed by atoms with Gasteiger partial charge in [0.25, 0.3) is 0 Å². The van der Waals surface area contributed by atoms with Crippen molar-refractivity contribution in [2.45, 2.75) is 78.4 Å². The van der Waals surface area contributed by atoms with Gasteiger partial charge in [-0.2, -0.15) is 0 Å². The van der Waals surface area contributed by atoms with Crippen LogP contribution in [0.25, 0.3) is 0 Å².